The number of hydrogen-bond donors (Lipinski definition) is 0. The van der Waals surface area contributed by atoms with E-state index in [1.165, 1.54) is 0 Å². The van der Waals surface area contributed by atoms with E-state index in [1.54, 1.807) is 0 Å². The molecule has 0 atom stereocenters. The number of nitrogens with zero attached hydrogens (tertiary/aromatic N) is 1. The molecule has 60 valence electrons. The molecule has 0 spiro atoms. The Morgan fingerprint density at radius 2 is 2.18 bits per heavy atom. The van der Waals surface area contributed by atoms with Crippen LogP contribution in [0, 0.1) is 5.82 Å². The molecule has 1 aromatic heterocycles. The molecule has 3 nitrogen and oxygen atoms in total. The molecule has 0 amide bonds. The van der Waals surface area contributed by atoms with Crippen molar-refractivity contribution in [2.75, 3.05) is 0 Å². The molecule has 0 aliphatic heterocycles. The average molecular weight is 196 g/mol. The summed E-state index contributed by atoms with van der Waals surface area (Å²) in [7, 11) is 0.857. The van der Waals surface area contributed by atoms with Gasteiger partial charge in [0.05, 0.1) is 0 Å². The highest BCUT2D eigenvalue weighted by molar-refractivity contribution is 8.13. The second kappa shape index (κ2) is 2.75. The normalized spacial score (nSPS) is 11.5. The van der Waals surface area contributed by atoms with Crippen LogP contribution in [0.5, 0.6) is 0 Å². The molecule has 11 heavy (non-hydrogen) atoms. The van der Waals surface area contributed by atoms with E-state index in [0.717, 1.165) is 18.5 Å². The van der Waals surface area contributed by atoms with Crippen molar-refractivity contribution >= 4 is 19.7 Å². The van der Waals surface area contributed by atoms with Gasteiger partial charge in [0.1, 0.15) is 10.7 Å². The highest BCUT2D eigenvalue weighted by atomic mass is 35.7. The third-order valence-corrected chi connectivity index (χ3v) is 2.32. The van der Waals surface area contributed by atoms with Crippen LogP contribution >= 0.6 is 10.7 Å². The Hall–Kier alpha value is -0.680. The van der Waals surface area contributed by atoms with Gasteiger partial charge in [0.25, 0.3) is 9.05 Å². The summed E-state index contributed by atoms with van der Waals surface area (Å²) in [6.45, 7) is 0. The van der Waals surface area contributed by atoms with Crippen molar-refractivity contribution in [2.45, 2.75) is 4.90 Å². The van der Waals surface area contributed by atoms with Gasteiger partial charge in [-0.1, -0.05) is 0 Å². The SMILES string of the molecule is O=S(=O)(Cl)c1cnccc1F. The van der Waals surface area contributed by atoms with Gasteiger partial charge in [0, 0.05) is 23.1 Å². The van der Waals surface area contributed by atoms with Crippen molar-refractivity contribution in [1.29, 1.82) is 0 Å². The average Bonchev–Trinajstić information content (AvgIpc) is 1.86. The van der Waals surface area contributed by atoms with E-state index in [-0.39, 0.29) is 0 Å². The summed E-state index contributed by atoms with van der Waals surface area (Å²) in [6, 6.07) is 0.926. The van der Waals surface area contributed by atoms with Crippen LogP contribution in [0.15, 0.2) is 23.4 Å². The lowest BCUT2D eigenvalue weighted by Gasteiger charge is -1.94. The van der Waals surface area contributed by atoms with E-state index < -0.39 is 19.8 Å². The number of pyridine rings is 1. The van der Waals surface area contributed by atoms with Gasteiger partial charge < -0.3 is 0 Å². The quantitative estimate of drug-likeness (QED) is 0.632. The first-order valence-electron chi connectivity index (χ1n) is 2.56. The molecule has 1 aromatic rings. The van der Waals surface area contributed by atoms with Crippen molar-refractivity contribution in [3.05, 3.63) is 24.3 Å². The molecule has 0 saturated carbocycles. The Morgan fingerprint density at radius 3 is 2.55 bits per heavy atom. The molecule has 0 fully saturated rings. The number of aromatic nitrogens is 1. The summed E-state index contributed by atoms with van der Waals surface area (Å²) in [5.74, 6) is -0.894. The minimum atomic E-state index is -4.00. The smallest absolute Gasteiger partial charge is 0.263 e. The first-order chi connectivity index (χ1) is 5.02. The second-order valence-corrected chi connectivity index (χ2v) is 4.28. The second-order valence-electron chi connectivity index (χ2n) is 1.74. The summed E-state index contributed by atoms with van der Waals surface area (Å²) >= 11 is 0. The highest BCUT2D eigenvalue weighted by Crippen LogP contribution is 2.16. The summed E-state index contributed by atoms with van der Waals surface area (Å²) in [5, 5.41) is 0. The molecule has 1 heterocycles. The van der Waals surface area contributed by atoms with Crippen LogP contribution in [0.1, 0.15) is 0 Å². The van der Waals surface area contributed by atoms with Crippen molar-refractivity contribution in [2.24, 2.45) is 0 Å². The maximum atomic E-state index is 12.6. The van der Waals surface area contributed by atoms with Crippen molar-refractivity contribution in [1.82, 2.24) is 4.98 Å². The zero-order valence-electron chi connectivity index (χ0n) is 5.16. The molecule has 0 aliphatic rings. The van der Waals surface area contributed by atoms with Crippen molar-refractivity contribution < 1.29 is 12.8 Å². The zero-order chi connectivity index (χ0) is 8.48. The number of halogens is 2. The van der Waals surface area contributed by atoms with E-state index in [2.05, 4.69) is 4.98 Å². The van der Waals surface area contributed by atoms with Crippen molar-refractivity contribution in [3.63, 3.8) is 0 Å². The Kier molecular flexibility index (Phi) is 2.10. The van der Waals surface area contributed by atoms with Crippen LogP contribution in [0.2, 0.25) is 0 Å². The standard InChI is InChI=1S/C5H3ClFNO2S/c6-11(9,10)5-3-8-2-1-4(5)7/h1-3H. The molecule has 1 rings (SSSR count). The van der Waals surface area contributed by atoms with Gasteiger partial charge in [-0.25, -0.2) is 12.8 Å². The largest absolute Gasteiger partial charge is 0.265 e. The predicted molar refractivity (Wildman–Crippen MR) is 37.2 cm³/mol. The van der Waals surface area contributed by atoms with Gasteiger partial charge in [0.2, 0.25) is 0 Å². The van der Waals surface area contributed by atoms with Gasteiger partial charge in [0.15, 0.2) is 0 Å². The summed E-state index contributed by atoms with van der Waals surface area (Å²) in [6.07, 6.45) is 2.00. The summed E-state index contributed by atoms with van der Waals surface area (Å²) in [5.41, 5.74) is 0. The Morgan fingerprint density at radius 1 is 1.55 bits per heavy atom. The van der Waals surface area contributed by atoms with Gasteiger partial charge >= 0.3 is 0 Å². The molecule has 0 aromatic carbocycles. The van der Waals surface area contributed by atoms with E-state index in [0.29, 0.717) is 0 Å². The minimum Gasteiger partial charge on any atom is -0.263 e. The van der Waals surface area contributed by atoms with E-state index in [9.17, 15) is 12.8 Å². The third kappa shape index (κ3) is 1.87. The fraction of sp³-hybridized carbons (Fsp3) is 0. The molecular weight excluding hydrogens is 193 g/mol. The van der Waals surface area contributed by atoms with Crippen LogP contribution in [-0.4, -0.2) is 13.4 Å². The molecule has 0 unspecified atom stereocenters. The maximum absolute atomic E-state index is 12.6. The lowest BCUT2D eigenvalue weighted by molar-refractivity contribution is 0.573. The van der Waals surface area contributed by atoms with E-state index in [4.69, 9.17) is 10.7 Å². The summed E-state index contributed by atoms with van der Waals surface area (Å²) < 4.78 is 33.7. The molecule has 0 N–H and O–H groups in total. The topological polar surface area (TPSA) is 47.0 Å². The van der Waals surface area contributed by atoms with Gasteiger partial charge in [-0.3, -0.25) is 4.98 Å². The highest BCUT2D eigenvalue weighted by Gasteiger charge is 2.14. The Labute approximate surface area is 67.2 Å². The molecule has 0 radical (unpaired) electrons. The lowest BCUT2D eigenvalue weighted by Crippen LogP contribution is -1.95. The number of rotatable bonds is 1. The van der Waals surface area contributed by atoms with Crippen molar-refractivity contribution in [3.8, 4) is 0 Å². The molecule has 6 heteroatoms. The monoisotopic (exact) mass is 195 g/mol. The fourth-order valence-electron chi connectivity index (χ4n) is 0.542. The fourth-order valence-corrected chi connectivity index (χ4v) is 1.37. The molecular formula is C5H3ClFNO2S. The summed E-state index contributed by atoms with van der Waals surface area (Å²) in [4.78, 5) is 2.81. The molecule has 0 saturated heterocycles. The van der Waals surface area contributed by atoms with Gasteiger partial charge in [-0.05, 0) is 6.07 Å². The lowest BCUT2D eigenvalue weighted by atomic mass is 10.5. The molecule has 0 aliphatic carbocycles. The predicted octanol–water partition coefficient (Wildman–Crippen LogP) is 1.15. The van der Waals surface area contributed by atoms with E-state index in [1.807, 2.05) is 0 Å². The Bertz CT molecular complexity index is 365. The first-order valence-corrected chi connectivity index (χ1v) is 4.87. The van der Waals surface area contributed by atoms with E-state index >= 15 is 0 Å². The molecule has 0 bridgehead atoms. The van der Waals surface area contributed by atoms with Crippen LogP contribution in [0.4, 0.5) is 4.39 Å². The Balaban J connectivity index is 3.37. The van der Waals surface area contributed by atoms with Crippen LogP contribution in [-0.2, 0) is 9.05 Å². The minimum absolute atomic E-state index is 0.596. The van der Waals surface area contributed by atoms with Crippen LogP contribution < -0.4 is 0 Å². The van der Waals surface area contributed by atoms with Crippen LogP contribution in [0.3, 0.4) is 0 Å². The maximum Gasteiger partial charge on any atom is 0.265 e. The van der Waals surface area contributed by atoms with Gasteiger partial charge in [-0.2, -0.15) is 0 Å². The van der Waals surface area contributed by atoms with Crippen LogP contribution in [0.25, 0.3) is 0 Å². The zero-order valence-corrected chi connectivity index (χ0v) is 6.73. The third-order valence-electron chi connectivity index (χ3n) is 0.997. The number of hydrogen-bond acceptors (Lipinski definition) is 3. The first kappa shape index (κ1) is 8.42. The van der Waals surface area contributed by atoms with Gasteiger partial charge in [-0.15, -0.1) is 0 Å².